The number of carboxylic acids is 1. The van der Waals surface area contributed by atoms with E-state index in [4.69, 9.17) is 5.11 Å². The molecule has 1 saturated carbocycles. The van der Waals surface area contributed by atoms with Crippen molar-refractivity contribution in [2.45, 2.75) is 20.3 Å². The Hall–Kier alpha value is -1.56. The molecule has 1 fully saturated rings. The molecule has 0 aliphatic heterocycles. The van der Waals surface area contributed by atoms with E-state index in [1.165, 1.54) is 12.1 Å². The standard InChI is InChI=1S/C14H17BrN2O3/c1-14(2)6-9(14)7-16-13(20)17-11-5-8(12(18)19)3-4-10(11)15/h3-5,9H,6-7H2,1-2H3,(H,18,19)(H2,16,17,20). The Morgan fingerprint density at radius 3 is 2.65 bits per heavy atom. The van der Waals surface area contributed by atoms with Gasteiger partial charge in [0.15, 0.2) is 0 Å². The number of hydrogen-bond acceptors (Lipinski definition) is 2. The maximum Gasteiger partial charge on any atom is 0.335 e. The summed E-state index contributed by atoms with van der Waals surface area (Å²) in [5.74, 6) is -0.511. The van der Waals surface area contributed by atoms with Crippen LogP contribution in [0.5, 0.6) is 0 Å². The molecule has 108 valence electrons. The predicted molar refractivity (Wildman–Crippen MR) is 80.0 cm³/mol. The molecule has 0 saturated heterocycles. The zero-order chi connectivity index (χ0) is 14.9. The van der Waals surface area contributed by atoms with E-state index in [1.807, 2.05) is 0 Å². The fraction of sp³-hybridized carbons (Fsp3) is 0.429. The van der Waals surface area contributed by atoms with Crippen molar-refractivity contribution in [1.82, 2.24) is 5.32 Å². The largest absolute Gasteiger partial charge is 0.478 e. The summed E-state index contributed by atoms with van der Waals surface area (Å²) in [4.78, 5) is 22.7. The summed E-state index contributed by atoms with van der Waals surface area (Å²) in [7, 11) is 0. The number of benzene rings is 1. The molecule has 1 aromatic rings. The zero-order valence-electron chi connectivity index (χ0n) is 11.4. The molecule has 2 amide bonds. The van der Waals surface area contributed by atoms with Crippen molar-refractivity contribution in [1.29, 1.82) is 0 Å². The molecule has 0 aromatic heterocycles. The van der Waals surface area contributed by atoms with Gasteiger partial charge in [0.2, 0.25) is 0 Å². The van der Waals surface area contributed by atoms with Crippen LogP contribution in [0.15, 0.2) is 22.7 Å². The topological polar surface area (TPSA) is 78.4 Å². The van der Waals surface area contributed by atoms with Crippen LogP contribution < -0.4 is 10.6 Å². The molecule has 1 atom stereocenters. The van der Waals surface area contributed by atoms with Crippen molar-refractivity contribution in [3.05, 3.63) is 28.2 Å². The van der Waals surface area contributed by atoms with E-state index in [1.54, 1.807) is 6.07 Å². The van der Waals surface area contributed by atoms with Crippen LogP contribution in [0.1, 0.15) is 30.6 Å². The second kappa shape index (κ2) is 5.44. The van der Waals surface area contributed by atoms with Crippen molar-refractivity contribution in [2.75, 3.05) is 11.9 Å². The molecule has 3 N–H and O–H groups in total. The number of carboxylic acid groups (broad SMARTS) is 1. The highest BCUT2D eigenvalue weighted by Gasteiger charge is 2.45. The molecule has 6 heteroatoms. The third-order valence-corrected chi connectivity index (χ3v) is 4.38. The Bertz CT molecular complexity index is 557. The number of carbonyl (C=O) groups excluding carboxylic acids is 1. The van der Waals surface area contributed by atoms with Crippen molar-refractivity contribution in [3.63, 3.8) is 0 Å². The quantitative estimate of drug-likeness (QED) is 0.786. The minimum atomic E-state index is -1.03. The second-order valence-electron chi connectivity index (χ2n) is 5.72. The molecule has 0 bridgehead atoms. The van der Waals surface area contributed by atoms with E-state index in [-0.39, 0.29) is 11.6 Å². The van der Waals surface area contributed by atoms with Crippen molar-refractivity contribution < 1.29 is 14.7 Å². The zero-order valence-corrected chi connectivity index (χ0v) is 13.0. The van der Waals surface area contributed by atoms with Crippen molar-refractivity contribution in [3.8, 4) is 0 Å². The fourth-order valence-corrected chi connectivity index (χ4v) is 2.41. The highest BCUT2D eigenvalue weighted by molar-refractivity contribution is 9.10. The number of aromatic carboxylic acids is 1. The lowest BCUT2D eigenvalue weighted by atomic mass is 10.1. The third-order valence-electron chi connectivity index (χ3n) is 3.69. The Labute approximate surface area is 125 Å². The van der Waals surface area contributed by atoms with E-state index in [0.717, 1.165) is 6.42 Å². The molecule has 1 aromatic carbocycles. The van der Waals surface area contributed by atoms with Gasteiger partial charge in [0, 0.05) is 11.0 Å². The molecule has 1 unspecified atom stereocenters. The summed E-state index contributed by atoms with van der Waals surface area (Å²) in [6, 6.07) is 4.18. The molecule has 5 nitrogen and oxygen atoms in total. The minimum absolute atomic E-state index is 0.131. The number of rotatable bonds is 4. The monoisotopic (exact) mass is 340 g/mol. The van der Waals surface area contributed by atoms with Gasteiger partial charge in [0.1, 0.15) is 0 Å². The first-order valence-electron chi connectivity index (χ1n) is 6.37. The summed E-state index contributed by atoms with van der Waals surface area (Å²) >= 11 is 3.28. The maximum atomic E-state index is 11.8. The number of amides is 2. The van der Waals surface area contributed by atoms with Crippen LogP contribution in [-0.4, -0.2) is 23.7 Å². The van der Waals surface area contributed by atoms with Crippen LogP contribution >= 0.6 is 15.9 Å². The third kappa shape index (κ3) is 3.50. The number of hydrogen-bond donors (Lipinski definition) is 3. The average Bonchev–Trinajstić information content (AvgIpc) is 2.97. The summed E-state index contributed by atoms with van der Waals surface area (Å²) < 4.78 is 0.643. The summed E-state index contributed by atoms with van der Waals surface area (Å²) in [6.45, 7) is 4.98. The van der Waals surface area contributed by atoms with Gasteiger partial charge in [-0.25, -0.2) is 9.59 Å². The van der Waals surface area contributed by atoms with Crippen LogP contribution in [0.4, 0.5) is 10.5 Å². The fourth-order valence-electron chi connectivity index (χ4n) is 2.06. The first-order valence-corrected chi connectivity index (χ1v) is 7.16. The molecule has 20 heavy (non-hydrogen) atoms. The van der Waals surface area contributed by atoms with Crippen LogP contribution in [0, 0.1) is 11.3 Å². The van der Waals surface area contributed by atoms with E-state index in [9.17, 15) is 9.59 Å². The summed E-state index contributed by atoms with van der Waals surface area (Å²) in [5, 5.41) is 14.4. The van der Waals surface area contributed by atoms with Crippen LogP contribution in [0.25, 0.3) is 0 Å². The molecule has 0 radical (unpaired) electrons. The van der Waals surface area contributed by atoms with Gasteiger partial charge >= 0.3 is 12.0 Å². The lowest BCUT2D eigenvalue weighted by molar-refractivity contribution is 0.0697. The smallest absolute Gasteiger partial charge is 0.335 e. The molecule has 0 heterocycles. The van der Waals surface area contributed by atoms with Gasteiger partial charge in [-0.15, -0.1) is 0 Å². The lowest BCUT2D eigenvalue weighted by Gasteiger charge is -2.10. The average molecular weight is 341 g/mol. The number of urea groups is 1. The Kier molecular flexibility index (Phi) is 4.04. The highest BCUT2D eigenvalue weighted by atomic mass is 79.9. The first-order chi connectivity index (χ1) is 9.29. The van der Waals surface area contributed by atoms with Gasteiger partial charge in [-0.1, -0.05) is 13.8 Å². The molecule has 0 spiro atoms. The molecular formula is C14H17BrN2O3. The Morgan fingerprint density at radius 1 is 1.45 bits per heavy atom. The number of halogens is 1. The van der Waals surface area contributed by atoms with Crippen molar-refractivity contribution in [2.24, 2.45) is 11.3 Å². The van der Waals surface area contributed by atoms with Crippen LogP contribution in [0.2, 0.25) is 0 Å². The van der Waals surface area contributed by atoms with Crippen molar-refractivity contribution >= 4 is 33.6 Å². The number of anilines is 1. The highest BCUT2D eigenvalue weighted by Crippen LogP contribution is 2.50. The molecule has 2 rings (SSSR count). The first kappa shape index (κ1) is 14.8. The minimum Gasteiger partial charge on any atom is -0.478 e. The van der Waals surface area contributed by atoms with E-state index in [0.29, 0.717) is 28.0 Å². The predicted octanol–water partition coefficient (Wildman–Crippen LogP) is 3.31. The Balaban J connectivity index is 1.93. The van der Waals surface area contributed by atoms with Gasteiger partial charge in [-0.2, -0.15) is 0 Å². The Morgan fingerprint density at radius 2 is 2.10 bits per heavy atom. The number of nitrogens with one attached hydrogen (secondary N) is 2. The number of carbonyl (C=O) groups is 2. The van der Waals surface area contributed by atoms with E-state index < -0.39 is 5.97 Å². The van der Waals surface area contributed by atoms with Gasteiger partial charge in [0.25, 0.3) is 0 Å². The van der Waals surface area contributed by atoms with Gasteiger partial charge < -0.3 is 15.7 Å². The lowest BCUT2D eigenvalue weighted by Crippen LogP contribution is -2.31. The van der Waals surface area contributed by atoms with Crippen LogP contribution in [-0.2, 0) is 0 Å². The van der Waals surface area contributed by atoms with Gasteiger partial charge in [0.05, 0.1) is 11.3 Å². The SMILES string of the molecule is CC1(C)CC1CNC(=O)Nc1cc(C(=O)O)ccc1Br. The van der Waals surface area contributed by atoms with Gasteiger partial charge in [-0.3, -0.25) is 0 Å². The van der Waals surface area contributed by atoms with E-state index >= 15 is 0 Å². The maximum absolute atomic E-state index is 11.8. The normalized spacial score (nSPS) is 19.2. The molecule has 1 aliphatic carbocycles. The summed E-state index contributed by atoms with van der Waals surface area (Å²) in [5.41, 5.74) is 0.890. The summed E-state index contributed by atoms with van der Waals surface area (Å²) in [6.07, 6.45) is 1.12. The molecule has 1 aliphatic rings. The van der Waals surface area contributed by atoms with E-state index in [2.05, 4.69) is 40.4 Å². The van der Waals surface area contributed by atoms with Gasteiger partial charge in [-0.05, 0) is 51.9 Å². The van der Waals surface area contributed by atoms with Crippen LogP contribution in [0.3, 0.4) is 0 Å². The molecular weight excluding hydrogens is 324 g/mol. The second-order valence-corrected chi connectivity index (χ2v) is 6.58.